The van der Waals surface area contributed by atoms with Crippen LogP contribution in [0.5, 0.6) is 0 Å². The van der Waals surface area contributed by atoms with Crippen molar-refractivity contribution in [3.8, 4) is 0 Å². The topological polar surface area (TPSA) is 85.1 Å². The molecule has 0 aliphatic heterocycles. The molecule has 0 radical (unpaired) electrons. The molecule has 0 spiro atoms. The maximum atomic E-state index is 12.0. The molecule has 1 aliphatic rings. The lowest BCUT2D eigenvalue weighted by molar-refractivity contribution is -0.385. The molecule has 0 unspecified atom stereocenters. The lowest BCUT2D eigenvalue weighted by Gasteiger charge is -2.06. The number of amides is 1. The molecule has 0 atom stereocenters. The Morgan fingerprint density at radius 3 is 3.00 bits per heavy atom. The molecule has 0 bridgehead atoms. The molecule has 20 heavy (non-hydrogen) atoms. The minimum Gasteiger partial charge on any atom is -0.351 e. The minimum atomic E-state index is -0.691. The van der Waals surface area contributed by atoms with Crippen LogP contribution in [0.15, 0.2) is 23.9 Å². The number of rotatable bonds is 5. The van der Waals surface area contributed by atoms with Gasteiger partial charge in [-0.15, -0.1) is 0 Å². The summed E-state index contributed by atoms with van der Waals surface area (Å²) >= 11 is 5.66. The predicted octanol–water partition coefficient (Wildman–Crippen LogP) is 2.87. The van der Waals surface area contributed by atoms with Crippen molar-refractivity contribution in [3.63, 3.8) is 0 Å². The van der Waals surface area contributed by atoms with E-state index in [0.717, 1.165) is 25.7 Å². The van der Waals surface area contributed by atoms with Gasteiger partial charge in [-0.2, -0.15) is 0 Å². The highest BCUT2D eigenvalue weighted by atomic mass is 35.5. The number of hydrogen-bond donors (Lipinski definition) is 1. The monoisotopic (exact) mass is 295 g/mol. The van der Waals surface area contributed by atoms with E-state index in [9.17, 15) is 14.9 Å². The standard InChI is InChI=1S/C13H14ClN3O3/c14-12-11(17(19)20)10(6-8-15-12)13(18)16-7-5-9-3-1-2-4-9/h3,6,8H,1-2,4-5,7H2,(H,16,18). The van der Waals surface area contributed by atoms with Crippen LogP contribution in [0.3, 0.4) is 0 Å². The lowest BCUT2D eigenvalue weighted by Crippen LogP contribution is -2.25. The van der Waals surface area contributed by atoms with Crippen molar-refractivity contribution in [2.45, 2.75) is 25.7 Å². The number of nitro groups is 1. The second-order valence-corrected chi connectivity index (χ2v) is 4.87. The Kier molecular flexibility index (Phi) is 4.68. The van der Waals surface area contributed by atoms with Crippen LogP contribution in [0.1, 0.15) is 36.0 Å². The molecule has 0 aromatic carbocycles. The Bertz CT molecular complexity index is 572. The van der Waals surface area contributed by atoms with Crippen molar-refractivity contribution in [2.75, 3.05) is 6.54 Å². The van der Waals surface area contributed by atoms with Gasteiger partial charge in [-0.1, -0.05) is 23.3 Å². The van der Waals surface area contributed by atoms with Crippen LogP contribution in [0.4, 0.5) is 5.69 Å². The van der Waals surface area contributed by atoms with Gasteiger partial charge in [0, 0.05) is 12.7 Å². The number of nitrogens with one attached hydrogen (secondary N) is 1. The van der Waals surface area contributed by atoms with E-state index in [2.05, 4.69) is 16.4 Å². The molecule has 0 saturated carbocycles. The van der Waals surface area contributed by atoms with E-state index in [-0.39, 0.29) is 10.7 Å². The number of carbonyl (C=O) groups excluding carboxylic acids is 1. The maximum Gasteiger partial charge on any atom is 0.319 e. The van der Waals surface area contributed by atoms with Crippen molar-refractivity contribution in [1.82, 2.24) is 10.3 Å². The normalized spacial score (nSPS) is 13.9. The first kappa shape index (κ1) is 14.5. The molecule has 0 fully saturated rings. The molecule has 7 heteroatoms. The van der Waals surface area contributed by atoms with Crippen LogP contribution >= 0.6 is 11.6 Å². The first-order valence-electron chi connectivity index (χ1n) is 6.34. The summed E-state index contributed by atoms with van der Waals surface area (Å²) in [5.41, 5.74) is 0.815. The number of aromatic nitrogens is 1. The second-order valence-electron chi connectivity index (χ2n) is 4.52. The van der Waals surface area contributed by atoms with E-state index in [0.29, 0.717) is 6.54 Å². The van der Waals surface area contributed by atoms with E-state index in [1.54, 1.807) is 0 Å². The fourth-order valence-corrected chi connectivity index (χ4v) is 2.41. The summed E-state index contributed by atoms with van der Waals surface area (Å²) in [5, 5.41) is 13.3. The fourth-order valence-electron chi connectivity index (χ4n) is 2.18. The van der Waals surface area contributed by atoms with E-state index in [1.165, 1.54) is 17.8 Å². The Morgan fingerprint density at radius 2 is 2.35 bits per heavy atom. The highest BCUT2D eigenvalue weighted by molar-refractivity contribution is 6.32. The summed E-state index contributed by atoms with van der Waals surface area (Å²) < 4.78 is 0. The van der Waals surface area contributed by atoms with Gasteiger partial charge in [0.25, 0.3) is 5.91 Å². The molecule has 1 aliphatic carbocycles. The Morgan fingerprint density at radius 1 is 1.55 bits per heavy atom. The molecule has 1 heterocycles. The molecule has 2 rings (SSSR count). The number of halogens is 1. The highest BCUT2D eigenvalue weighted by Crippen LogP contribution is 2.26. The molecule has 1 aromatic rings. The zero-order valence-electron chi connectivity index (χ0n) is 10.8. The SMILES string of the molecule is O=C(NCCC1=CCCC1)c1ccnc(Cl)c1[N+](=O)[O-]. The van der Waals surface area contributed by atoms with Crippen molar-refractivity contribution in [2.24, 2.45) is 0 Å². The van der Waals surface area contributed by atoms with E-state index >= 15 is 0 Å². The molecule has 1 N–H and O–H groups in total. The molecule has 1 amide bonds. The van der Waals surface area contributed by atoms with Gasteiger partial charge in [-0.05, 0) is 31.7 Å². The zero-order chi connectivity index (χ0) is 14.5. The predicted molar refractivity (Wildman–Crippen MR) is 74.8 cm³/mol. The quantitative estimate of drug-likeness (QED) is 0.392. The van der Waals surface area contributed by atoms with Crippen molar-refractivity contribution >= 4 is 23.2 Å². The van der Waals surface area contributed by atoms with Gasteiger partial charge in [0.05, 0.1) is 4.92 Å². The highest BCUT2D eigenvalue weighted by Gasteiger charge is 2.24. The van der Waals surface area contributed by atoms with Crippen molar-refractivity contribution < 1.29 is 9.72 Å². The van der Waals surface area contributed by atoms with Crippen molar-refractivity contribution in [1.29, 1.82) is 0 Å². The number of allylic oxidation sites excluding steroid dienone is 1. The van der Waals surface area contributed by atoms with E-state index in [1.807, 2.05) is 0 Å². The molecule has 1 aromatic heterocycles. The number of pyridine rings is 1. The smallest absolute Gasteiger partial charge is 0.319 e. The van der Waals surface area contributed by atoms with E-state index < -0.39 is 16.5 Å². The van der Waals surface area contributed by atoms with Gasteiger partial charge >= 0.3 is 5.69 Å². The van der Waals surface area contributed by atoms with Crippen LogP contribution in [0, 0.1) is 10.1 Å². The molecule has 106 valence electrons. The fraction of sp³-hybridized carbons (Fsp3) is 0.385. The van der Waals surface area contributed by atoms with Gasteiger partial charge < -0.3 is 5.32 Å². The third-order valence-corrected chi connectivity index (χ3v) is 3.45. The van der Waals surface area contributed by atoms with Gasteiger partial charge in [0.2, 0.25) is 5.15 Å². The summed E-state index contributed by atoms with van der Waals surface area (Å²) in [7, 11) is 0. The second kappa shape index (κ2) is 6.47. The van der Waals surface area contributed by atoms with Crippen LogP contribution in [0.2, 0.25) is 5.15 Å². The maximum absolute atomic E-state index is 12.0. The summed E-state index contributed by atoms with van der Waals surface area (Å²) in [4.78, 5) is 25.8. The summed E-state index contributed by atoms with van der Waals surface area (Å²) in [6.07, 6.45) is 7.56. The zero-order valence-corrected chi connectivity index (χ0v) is 11.5. The summed E-state index contributed by atoms with van der Waals surface area (Å²) in [5.74, 6) is -0.500. The molecule has 6 nitrogen and oxygen atoms in total. The van der Waals surface area contributed by atoms with Crippen LogP contribution < -0.4 is 5.32 Å². The number of nitrogens with zero attached hydrogens (tertiary/aromatic N) is 2. The minimum absolute atomic E-state index is 0.0598. The van der Waals surface area contributed by atoms with Crippen LogP contribution in [-0.4, -0.2) is 22.4 Å². The third kappa shape index (κ3) is 3.33. The van der Waals surface area contributed by atoms with Gasteiger partial charge in [0.15, 0.2) is 0 Å². The van der Waals surface area contributed by atoms with Crippen LogP contribution in [-0.2, 0) is 0 Å². The third-order valence-electron chi connectivity index (χ3n) is 3.17. The van der Waals surface area contributed by atoms with Crippen LogP contribution in [0.25, 0.3) is 0 Å². The molecule has 0 saturated heterocycles. The molecular weight excluding hydrogens is 282 g/mol. The largest absolute Gasteiger partial charge is 0.351 e. The Balaban J connectivity index is 2.02. The first-order valence-corrected chi connectivity index (χ1v) is 6.72. The van der Waals surface area contributed by atoms with Crippen molar-refractivity contribution in [3.05, 3.63) is 44.7 Å². The average Bonchev–Trinajstić information content (AvgIpc) is 2.91. The summed E-state index contributed by atoms with van der Waals surface area (Å²) in [6.45, 7) is 0.460. The molecular formula is C13H14ClN3O3. The van der Waals surface area contributed by atoms with Gasteiger partial charge in [0.1, 0.15) is 5.56 Å². The Labute approximate surface area is 121 Å². The van der Waals surface area contributed by atoms with Gasteiger partial charge in [-0.3, -0.25) is 14.9 Å². The average molecular weight is 296 g/mol. The number of hydrogen-bond acceptors (Lipinski definition) is 4. The lowest BCUT2D eigenvalue weighted by atomic mass is 10.1. The summed E-state index contributed by atoms with van der Waals surface area (Å²) in [6, 6.07) is 1.30. The van der Waals surface area contributed by atoms with E-state index in [4.69, 9.17) is 11.6 Å². The Hall–Kier alpha value is -1.95. The van der Waals surface area contributed by atoms with Gasteiger partial charge in [-0.25, -0.2) is 4.98 Å². The first-order chi connectivity index (χ1) is 9.59. The number of carbonyl (C=O) groups is 1.